The number of hydrogen-bond acceptors (Lipinski definition) is 4. The lowest BCUT2D eigenvalue weighted by molar-refractivity contribution is 0.0947. The van der Waals surface area contributed by atoms with Gasteiger partial charge in [0.15, 0.2) is 0 Å². The van der Waals surface area contributed by atoms with Crippen LogP contribution in [0.1, 0.15) is 46.0 Å². The third kappa shape index (κ3) is 7.59. The number of rotatable bonds is 11. The normalized spacial score (nSPS) is 11.2. The van der Waals surface area contributed by atoms with Crippen molar-refractivity contribution >= 4 is 21.6 Å². The summed E-state index contributed by atoms with van der Waals surface area (Å²) in [7, 11) is -3.48. The van der Waals surface area contributed by atoms with E-state index in [0.29, 0.717) is 24.4 Å². The predicted octanol–water partition coefficient (Wildman–Crippen LogP) is 5.03. The van der Waals surface area contributed by atoms with E-state index in [-0.39, 0.29) is 12.5 Å². The molecule has 0 saturated carbocycles. The first kappa shape index (κ1) is 26.3. The lowest BCUT2D eigenvalue weighted by Gasteiger charge is -2.23. The Bertz CT molecular complexity index is 1240. The molecule has 0 spiro atoms. The second kappa shape index (κ2) is 11.9. The van der Waals surface area contributed by atoms with E-state index in [1.165, 1.54) is 16.1 Å². The number of hydrogen-bond donors (Lipinski definition) is 1. The Morgan fingerprint density at radius 1 is 0.914 bits per heavy atom. The van der Waals surface area contributed by atoms with E-state index < -0.39 is 10.0 Å². The van der Waals surface area contributed by atoms with E-state index in [4.69, 9.17) is 4.74 Å². The molecule has 0 aromatic heterocycles. The van der Waals surface area contributed by atoms with Gasteiger partial charge in [0.2, 0.25) is 10.0 Å². The number of benzene rings is 3. The Hall–Kier alpha value is -3.32. The van der Waals surface area contributed by atoms with Crippen molar-refractivity contribution in [1.29, 1.82) is 0 Å². The van der Waals surface area contributed by atoms with Gasteiger partial charge >= 0.3 is 0 Å². The van der Waals surface area contributed by atoms with Crippen molar-refractivity contribution in [2.75, 3.05) is 23.7 Å². The first-order valence-corrected chi connectivity index (χ1v) is 13.7. The average molecular weight is 495 g/mol. The highest BCUT2D eigenvalue weighted by molar-refractivity contribution is 7.92. The molecule has 0 heterocycles. The van der Waals surface area contributed by atoms with Crippen LogP contribution in [-0.4, -0.2) is 33.7 Å². The fraction of sp³-hybridized carbons (Fsp3) is 0.321. The van der Waals surface area contributed by atoms with E-state index in [1.807, 2.05) is 44.2 Å². The van der Waals surface area contributed by atoms with Gasteiger partial charge in [0.1, 0.15) is 12.4 Å². The van der Waals surface area contributed by atoms with Crippen molar-refractivity contribution < 1.29 is 17.9 Å². The maximum atomic E-state index is 12.5. The van der Waals surface area contributed by atoms with Gasteiger partial charge in [0.25, 0.3) is 5.91 Å². The van der Waals surface area contributed by atoms with Crippen LogP contribution >= 0.6 is 0 Å². The number of sulfonamides is 1. The molecule has 7 heteroatoms. The third-order valence-corrected chi connectivity index (χ3v) is 6.98. The summed E-state index contributed by atoms with van der Waals surface area (Å²) in [5.41, 5.74) is 5.34. The van der Waals surface area contributed by atoms with Crippen LogP contribution in [0.25, 0.3) is 0 Å². The first-order valence-electron chi connectivity index (χ1n) is 11.8. The molecule has 3 aromatic rings. The molecule has 0 bridgehead atoms. The molecule has 0 aliphatic rings. The standard InChI is InChI=1S/C28H34N2O4S/c1-5-6-23-10-15-27(16-11-23)34-18-17-29-28(31)25-12-8-24(9-13-25)20-30(35(4,32)33)26-14-7-21(2)22(3)19-26/h7-16,19H,5-6,17-18,20H2,1-4H3,(H,29,31). The van der Waals surface area contributed by atoms with Crippen LogP contribution < -0.4 is 14.4 Å². The second-order valence-electron chi connectivity index (χ2n) is 8.73. The maximum absolute atomic E-state index is 12.5. The van der Waals surface area contributed by atoms with Crippen LogP contribution in [0, 0.1) is 13.8 Å². The lowest BCUT2D eigenvalue weighted by Crippen LogP contribution is -2.29. The smallest absolute Gasteiger partial charge is 0.251 e. The summed E-state index contributed by atoms with van der Waals surface area (Å²) in [6.07, 6.45) is 3.36. The maximum Gasteiger partial charge on any atom is 0.251 e. The van der Waals surface area contributed by atoms with E-state index in [9.17, 15) is 13.2 Å². The van der Waals surface area contributed by atoms with Crippen molar-refractivity contribution in [2.24, 2.45) is 0 Å². The topological polar surface area (TPSA) is 75.7 Å². The van der Waals surface area contributed by atoms with Crippen molar-refractivity contribution in [3.63, 3.8) is 0 Å². The molecule has 0 atom stereocenters. The van der Waals surface area contributed by atoms with Gasteiger partial charge in [0.05, 0.1) is 25.0 Å². The van der Waals surface area contributed by atoms with Gasteiger partial charge < -0.3 is 10.1 Å². The number of nitrogens with zero attached hydrogens (tertiary/aromatic N) is 1. The minimum Gasteiger partial charge on any atom is -0.492 e. The Morgan fingerprint density at radius 3 is 2.17 bits per heavy atom. The number of anilines is 1. The van der Waals surface area contributed by atoms with Gasteiger partial charge in [-0.1, -0.05) is 43.7 Å². The average Bonchev–Trinajstić information content (AvgIpc) is 2.83. The molecule has 0 aliphatic carbocycles. The van der Waals surface area contributed by atoms with Crippen LogP contribution in [0.5, 0.6) is 5.75 Å². The van der Waals surface area contributed by atoms with Crippen molar-refractivity contribution in [3.8, 4) is 5.75 Å². The summed E-state index contributed by atoms with van der Waals surface area (Å²) in [5, 5.41) is 2.85. The predicted molar refractivity (Wildman–Crippen MR) is 142 cm³/mol. The van der Waals surface area contributed by atoms with Gasteiger partial charge in [-0.25, -0.2) is 8.42 Å². The number of nitrogens with one attached hydrogen (secondary N) is 1. The highest BCUT2D eigenvalue weighted by Gasteiger charge is 2.18. The van der Waals surface area contributed by atoms with Crippen LogP contribution in [-0.2, 0) is 23.0 Å². The molecule has 1 N–H and O–H groups in total. The summed E-state index contributed by atoms with van der Waals surface area (Å²) in [6, 6.07) is 20.6. The molecular weight excluding hydrogens is 460 g/mol. The van der Waals surface area contributed by atoms with Crippen molar-refractivity contribution in [2.45, 2.75) is 40.2 Å². The fourth-order valence-corrected chi connectivity index (χ4v) is 4.56. The minimum absolute atomic E-state index is 0.189. The molecule has 186 valence electrons. The molecule has 6 nitrogen and oxygen atoms in total. The van der Waals surface area contributed by atoms with Crippen LogP contribution in [0.15, 0.2) is 66.7 Å². The fourth-order valence-electron chi connectivity index (χ4n) is 3.68. The Balaban J connectivity index is 1.55. The summed E-state index contributed by atoms with van der Waals surface area (Å²) < 4.78 is 32.0. The SMILES string of the molecule is CCCc1ccc(OCCNC(=O)c2ccc(CN(c3ccc(C)c(C)c3)S(C)(=O)=O)cc2)cc1. The van der Waals surface area contributed by atoms with E-state index in [0.717, 1.165) is 35.3 Å². The molecule has 0 saturated heterocycles. The van der Waals surface area contributed by atoms with Gasteiger partial charge in [0, 0.05) is 5.56 Å². The van der Waals surface area contributed by atoms with Gasteiger partial charge in [-0.2, -0.15) is 0 Å². The molecule has 3 aromatic carbocycles. The quantitative estimate of drug-likeness (QED) is 0.379. The van der Waals surface area contributed by atoms with E-state index in [2.05, 4.69) is 24.4 Å². The number of carbonyl (C=O) groups is 1. The first-order chi connectivity index (χ1) is 16.7. The summed E-state index contributed by atoms with van der Waals surface area (Å²) in [4.78, 5) is 12.5. The zero-order valence-corrected chi connectivity index (χ0v) is 21.7. The monoisotopic (exact) mass is 494 g/mol. The zero-order chi connectivity index (χ0) is 25.4. The Labute approximate surface area is 209 Å². The molecule has 3 rings (SSSR count). The Kier molecular flexibility index (Phi) is 8.93. The van der Waals surface area contributed by atoms with Gasteiger partial charge in [-0.3, -0.25) is 9.10 Å². The molecule has 0 unspecified atom stereocenters. The van der Waals surface area contributed by atoms with E-state index >= 15 is 0 Å². The molecule has 0 radical (unpaired) electrons. The number of ether oxygens (including phenoxy) is 1. The largest absolute Gasteiger partial charge is 0.492 e. The molecule has 0 aliphatic heterocycles. The molecule has 0 fully saturated rings. The van der Waals surface area contributed by atoms with Crippen LogP contribution in [0.3, 0.4) is 0 Å². The Morgan fingerprint density at radius 2 is 1.57 bits per heavy atom. The summed E-state index contributed by atoms with van der Waals surface area (Å²) >= 11 is 0. The zero-order valence-electron chi connectivity index (χ0n) is 20.9. The lowest BCUT2D eigenvalue weighted by atomic mass is 10.1. The van der Waals surface area contributed by atoms with Crippen LogP contribution in [0.4, 0.5) is 5.69 Å². The molecular formula is C28H34N2O4S. The van der Waals surface area contributed by atoms with Gasteiger partial charge in [-0.15, -0.1) is 0 Å². The molecule has 35 heavy (non-hydrogen) atoms. The third-order valence-electron chi connectivity index (χ3n) is 5.84. The number of aryl methyl sites for hydroxylation is 3. The minimum atomic E-state index is -3.48. The number of carbonyl (C=O) groups excluding carboxylic acids is 1. The summed E-state index contributed by atoms with van der Waals surface area (Å²) in [5.74, 6) is 0.579. The highest BCUT2D eigenvalue weighted by Crippen LogP contribution is 2.23. The van der Waals surface area contributed by atoms with E-state index in [1.54, 1.807) is 24.3 Å². The van der Waals surface area contributed by atoms with Crippen molar-refractivity contribution in [1.82, 2.24) is 5.32 Å². The molecule has 1 amide bonds. The van der Waals surface area contributed by atoms with Crippen LogP contribution in [0.2, 0.25) is 0 Å². The summed E-state index contributed by atoms with van der Waals surface area (Å²) in [6.45, 7) is 7.04. The van der Waals surface area contributed by atoms with Crippen molar-refractivity contribution in [3.05, 3.63) is 94.5 Å². The second-order valence-corrected chi connectivity index (χ2v) is 10.6. The number of amides is 1. The van der Waals surface area contributed by atoms with Gasteiger partial charge in [-0.05, 0) is 78.9 Å². The highest BCUT2D eigenvalue weighted by atomic mass is 32.2.